The zero-order valence-corrected chi connectivity index (χ0v) is 12.2. The van der Waals surface area contributed by atoms with E-state index in [2.05, 4.69) is 15.9 Å². The van der Waals surface area contributed by atoms with E-state index in [1.54, 1.807) is 29.4 Å². The lowest BCUT2D eigenvalue weighted by Crippen LogP contribution is -2.30. The second-order valence-electron chi connectivity index (χ2n) is 4.14. The molecule has 1 aromatic carbocycles. The van der Waals surface area contributed by atoms with Crippen LogP contribution in [0.15, 0.2) is 45.5 Å². The van der Waals surface area contributed by atoms with Gasteiger partial charge in [0.05, 0.1) is 18.4 Å². The van der Waals surface area contributed by atoms with Crippen molar-refractivity contribution >= 4 is 27.5 Å². The maximum Gasteiger partial charge on any atom is 0.255 e. The summed E-state index contributed by atoms with van der Waals surface area (Å²) in [5.41, 5.74) is 6.87. The summed E-state index contributed by atoms with van der Waals surface area (Å²) in [6.45, 7) is 2.98. The molecule has 0 aliphatic carbocycles. The molecule has 0 radical (unpaired) electrons. The van der Waals surface area contributed by atoms with Crippen molar-refractivity contribution in [3.05, 3.63) is 52.4 Å². The Balaban J connectivity index is 2.23. The van der Waals surface area contributed by atoms with Crippen LogP contribution >= 0.6 is 15.9 Å². The lowest BCUT2D eigenvalue weighted by Gasteiger charge is -2.20. The molecule has 2 N–H and O–H groups in total. The van der Waals surface area contributed by atoms with E-state index in [1.807, 2.05) is 19.1 Å². The van der Waals surface area contributed by atoms with Crippen molar-refractivity contribution in [2.45, 2.75) is 13.5 Å². The topological polar surface area (TPSA) is 59.5 Å². The van der Waals surface area contributed by atoms with Gasteiger partial charge in [0.15, 0.2) is 0 Å². The molecule has 0 aliphatic rings. The van der Waals surface area contributed by atoms with E-state index in [9.17, 15) is 4.79 Å². The summed E-state index contributed by atoms with van der Waals surface area (Å²) in [6, 6.07) is 8.87. The number of rotatable bonds is 4. The molecule has 1 heterocycles. The first kappa shape index (κ1) is 13.7. The van der Waals surface area contributed by atoms with E-state index in [0.717, 1.165) is 10.2 Å². The Kier molecular flexibility index (Phi) is 4.27. The van der Waals surface area contributed by atoms with Gasteiger partial charge in [0.1, 0.15) is 5.76 Å². The molecule has 100 valence electrons. The molecule has 0 saturated heterocycles. The number of amides is 1. The Morgan fingerprint density at radius 2 is 2.21 bits per heavy atom. The number of furan rings is 1. The van der Waals surface area contributed by atoms with Gasteiger partial charge in [-0.25, -0.2) is 0 Å². The van der Waals surface area contributed by atoms with Crippen LogP contribution in [0.4, 0.5) is 5.69 Å². The average Bonchev–Trinajstić information content (AvgIpc) is 2.91. The Hall–Kier alpha value is -1.75. The molecule has 4 nitrogen and oxygen atoms in total. The van der Waals surface area contributed by atoms with Gasteiger partial charge in [-0.3, -0.25) is 4.79 Å². The third kappa shape index (κ3) is 3.17. The van der Waals surface area contributed by atoms with E-state index < -0.39 is 0 Å². The Morgan fingerprint density at radius 3 is 2.84 bits per heavy atom. The van der Waals surface area contributed by atoms with E-state index in [0.29, 0.717) is 24.3 Å². The maximum absolute atomic E-state index is 12.5. The average molecular weight is 323 g/mol. The highest BCUT2D eigenvalue weighted by Crippen LogP contribution is 2.22. The van der Waals surface area contributed by atoms with Gasteiger partial charge < -0.3 is 15.1 Å². The lowest BCUT2D eigenvalue weighted by atomic mass is 10.1. The Morgan fingerprint density at radius 1 is 1.42 bits per heavy atom. The van der Waals surface area contributed by atoms with Gasteiger partial charge in [-0.2, -0.15) is 0 Å². The van der Waals surface area contributed by atoms with Gasteiger partial charge in [0.2, 0.25) is 0 Å². The first-order chi connectivity index (χ1) is 9.11. The summed E-state index contributed by atoms with van der Waals surface area (Å²) >= 11 is 3.38. The van der Waals surface area contributed by atoms with Crippen LogP contribution in [-0.2, 0) is 6.54 Å². The Labute approximate surface area is 120 Å². The van der Waals surface area contributed by atoms with Crippen molar-refractivity contribution in [3.8, 4) is 0 Å². The van der Waals surface area contributed by atoms with Gasteiger partial charge in [-0.1, -0.05) is 0 Å². The standard InChI is InChI=1S/C14H15BrN2O2/c1-2-17(9-11-4-3-7-19-11)14(18)12-8-10(16)5-6-13(12)15/h3-8H,2,9,16H2,1H3. The SMILES string of the molecule is CCN(Cc1ccco1)C(=O)c1cc(N)ccc1Br. The molecule has 2 aromatic rings. The largest absolute Gasteiger partial charge is 0.467 e. The number of carbonyl (C=O) groups excluding carboxylic acids is 1. The van der Waals surface area contributed by atoms with Gasteiger partial charge in [0, 0.05) is 16.7 Å². The molecule has 1 aromatic heterocycles. The van der Waals surface area contributed by atoms with Gasteiger partial charge in [0.25, 0.3) is 5.91 Å². The normalized spacial score (nSPS) is 10.4. The van der Waals surface area contributed by atoms with E-state index in [4.69, 9.17) is 10.2 Å². The quantitative estimate of drug-likeness (QED) is 0.879. The first-order valence-corrected chi connectivity index (χ1v) is 6.77. The lowest BCUT2D eigenvalue weighted by molar-refractivity contribution is 0.0740. The predicted molar refractivity (Wildman–Crippen MR) is 77.7 cm³/mol. The molecule has 5 heteroatoms. The van der Waals surface area contributed by atoms with E-state index in [1.165, 1.54) is 0 Å². The molecule has 0 bridgehead atoms. The van der Waals surface area contributed by atoms with Gasteiger partial charge >= 0.3 is 0 Å². The maximum atomic E-state index is 12.5. The van der Waals surface area contributed by atoms with Crippen LogP contribution < -0.4 is 5.73 Å². The smallest absolute Gasteiger partial charge is 0.255 e. The zero-order chi connectivity index (χ0) is 13.8. The number of hydrogen-bond acceptors (Lipinski definition) is 3. The molecule has 0 aliphatic heterocycles. The monoisotopic (exact) mass is 322 g/mol. The van der Waals surface area contributed by atoms with Crippen molar-refractivity contribution in [1.82, 2.24) is 4.90 Å². The first-order valence-electron chi connectivity index (χ1n) is 5.98. The molecule has 0 fully saturated rings. The van der Waals surface area contributed by atoms with Crippen LogP contribution in [0.2, 0.25) is 0 Å². The van der Waals surface area contributed by atoms with Crippen LogP contribution in [0.5, 0.6) is 0 Å². The number of carbonyl (C=O) groups is 1. The molecule has 0 atom stereocenters. The van der Waals surface area contributed by atoms with Crippen molar-refractivity contribution in [2.24, 2.45) is 0 Å². The third-order valence-electron chi connectivity index (χ3n) is 2.82. The highest BCUT2D eigenvalue weighted by Gasteiger charge is 2.18. The number of nitrogens with zero attached hydrogens (tertiary/aromatic N) is 1. The minimum atomic E-state index is -0.0712. The summed E-state index contributed by atoms with van der Waals surface area (Å²) in [7, 11) is 0. The van der Waals surface area contributed by atoms with Crippen molar-refractivity contribution in [1.29, 1.82) is 0 Å². The molecule has 1 amide bonds. The summed E-state index contributed by atoms with van der Waals surface area (Å²) in [5.74, 6) is 0.688. The van der Waals surface area contributed by atoms with Crippen molar-refractivity contribution < 1.29 is 9.21 Å². The van der Waals surface area contributed by atoms with Crippen molar-refractivity contribution in [3.63, 3.8) is 0 Å². The fourth-order valence-corrected chi connectivity index (χ4v) is 2.21. The Bertz CT molecular complexity index is 567. The second kappa shape index (κ2) is 5.93. The number of halogens is 1. The minimum Gasteiger partial charge on any atom is -0.467 e. The van der Waals surface area contributed by atoms with Gasteiger partial charge in [-0.05, 0) is 53.2 Å². The second-order valence-corrected chi connectivity index (χ2v) is 4.99. The number of nitrogen functional groups attached to an aromatic ring is 1. The van der Waals surface area contributed by atoms with Crippen molar-refractivity contribution in [2.75, 3.05) is 12.3 Å². The minimum absolute atomic E-state index is 0.0712. The van der Waals surface area contributed by atoms with Crippen LogP contribution in [-0.4, -0.2) is 17.4 Å². The molecule has 0 unspecified atom stereocenters. The highest BCUT2D eigenvalue weighted by atomic mass is 79.9. The highest BCUT2D eigenvalue weighted by molar-refractivity contribution is 9.10. The molecular formula is C14H15BrN2O2. The zero-order valence-electron chi connectivity index (χ0n) is 10.6. The molecule has 0 spiro atoms. The predicted octanol–water partition coefficient (Wildman–Crippen LogP) is 3.29. The summed E-state index contributed by atoms with van der Waals surface area (Å²) in [6.07, 6.45) is 1.60. The fraction of sp³-hybridized carbons (Fsp3) is 0.214. The van der Waals surface area contributed by atoms with Gasteiger partial charge in [-0.15, -0.1) is 0 Å². The molecule has 2 rings (SSSR count). The fourth-order valence-electron chi connectivity index (χ4n) is 1.79. The van der Waals surface area contributed by atoms with Crippen LogP contribution in [0.1, 0.15) is 23.0 Å². The van der Waals surface area contributed by atoms with Crippen LogP contribution in [0.25, 0.3) is 0 Å². The molecule has 19 heavy (non-hydrogen) atoms. The number of hydrogen-bond donors (Lipinski definition) is 1. The third-order valence-corrected chi connectivity index (χ3v) is 3.51. The van der Waals surface area contributed by atoms with Crippen LogP contribution in [0, 0.1) is 0 Å². The van der Waals surface area contributed by atoms with E-state index >= 15 is 0 Å². The number of benzene rings is 1. The van der Waals surface area contributed by atoms with E-state index in [-0.39, 0.29) is 5.91 Å². The number of nitrogens with two attached hydrogens (primary N) is 1. The summed E-state index contributed by atoms with van der Waals surface area (Å²) in [5, 5.41) is 0. The molecular weight excluding hydrogens is 308 g/mol. The summed E-state index contributed by atoms with van der Waals surface area (Å²) in [4.78, 5) is 14.2. The van der Waals surface area contributed by atoms with Crippen LogP contribution in [0.3, 0.4) is 0 Å². The number of anilines is 1. The summed E-state index contributed by atoms with van der Waals surface area (Å²) < 4.78 is 6.02. The molecule has 0 saturated carbocycles.